The van der Waals surface area contributed by atoms with Crippen LogP contribution in [-0.2, 0) is 11.2 Å². The van der Waals surface area contributed by atoms with Gasteiger partial charge in [0, 0.05) is 23.8 Å². The number of aryl methyl sites for hydroxylation is 1. The van der Waals surface area contributed by atoms with Crippen molar-refractivity contribution in [2.24, 2.45) is 0 Å². The minimum atomic E-state index is -0.833. The minimum absolute atomic E-state index is 0.0143. The quantitative estimate of drug-likeness (QED) is 0.896. The van der Waals surface area contributed by atoms with Gasteiger partial charge in [-0.25, -0.2) is 0 Å². The molecule has 19 heavy (non-hydrogen) atoms. The maximum absolute atomic E-state index is 10.9. The number of anilines is 1. The number of carboxylic acids is 1. The predicted molar refractivity (Wildman–Crippen MR) is 76.6 cm³/mol. The van der Waals surface area contributed by atoms with Gasteiger partial charge in [-0.05, 0) is 18.6 Å². The van der Waals surface area contributed by atoms with E-state index in [0.29, 0.717) is 0 Å². The number of benzene rings is 1. The van der Waals surface area contributed by atoms with Gasteiger partial charge in [0.1, 0.15) is 6.54 Å². The molecule has 0 unspecified atom stereocenters. The maximum atomic E-state index is 10.9. The minimum Gasteiger partial charge on any atom is -0.480 e. The van der Waals surface area contributed by atoms with E-state index in [4.69, 9.17) is 5.11 Å². The lowest BCUT2D eigenvalue weighted by Gasteiger charge is -2.20. The second-order valence-electron chi connectivity index (χ2n) is 4.65. The van der Waals surface area contributed by atoms with E-state index >= 15 is 0 Å². The van der Waals surface area contributed by atoms with Crippen molar-refractivity contribution in [3.8, 4) is 0 Å². The van der Waals surface area contributed by atoms with Crippen molar-refractivity contribution < 1.29 is 9.90 Å². The Bertz CT molecular complexity index is 596. The number of rotatable bonds is 5. The molecule has 0 aliphatic rings. The Hall–Kier alpha value is -2.10. The van der Waals surface area contributed by atoms with Gasteiger partial charge in [-0.1, -0.05) is 31.5 Å². The van der Waals surface area contributed by atoms with Crippen LogP contribution in [0.2, 0.25) is 0 Å². The highest BCUT2D eigenvalue weighted by molar-refractivity contribution is 5.93. The fourth-order valence-corrected chi connectivity index (χ4v) is 2.20. The lowest BCUT2D eigenvalue weighted by atomic mass is 10.1. The van der Waals surface area contributed by atoms with Crippen LogP contribution in [0, 0.1) is 0 Å². The van der Waals surface area contributed by atoms with Crippen LogP contribution in [0.15, 0.2) is 30.3 Å². The van der Waals surface area contributed by atoms with Crippen molar-refractivity contribution in [3.05, 3.63) is 36.0 Å². The molecule has 1 aromatic carbocycles. The molecular formula is C15H18N2O2. The van der Waals surface area contributed by atoms with Crippen molar-refractivity contribution in [1.82, 2.24) is 4.98 Å². The first-order valence-corrected chi connectivity index (χ1v) is 6.43. The molecule has 100 valence electrons. The summed E-state index contributed by atoms with van der Waals surface area (Å²) in [7, 11) is 1.80. The fraction of sp³-hybridized carbons (Fsp3) is 0.333. The molecule has 1 aromatic heterocycles. The number of carboxylic acid groups (broad SMARTS) is 1. The Morgan fingerprint density at radius 3 is 2.79 bits per heavy atom. The van der Waals surface area contributed by atoms with Gasteiger partial charge in [0.05, 0.1) is 5.52 Å². The Kier molecular flexibility index (Phi) is 4.00. The third-order valence-corrected chi connectivity index (χ3v) is 3.04. The smallest absolute Gasteiger partial charge is 0.323 e. The zero-order valence-corrected chi connectivity index (χ0v) is 11.3. The fourth-order valence-electron chi connectivity index (χ4n) is 2.20. The summed E-state index contributed by atoms with van der Waals surface area (Å²) < 4.78 is 0. The van der Waals surface area contributed by atoms with Gasteiger partial charge in [-0.15, -0.1) is 0 Å². The van der Waals surface area contributed by atoms with E-state index in [-0.39, 0.29) is 6.54 Å². The largest absolute Gasteiger partial charge is 0.480 e. The number of nitrogens with zero attached hydrogens (tertiary/aromatic N) is 2. The number of hydrogen-bond acceptors (Lipinski definition) is 3. The Morgan fingerprint density at radius 1 is 1.37 bits per heavy atom. The number of carbonyl (C=O) groups is 1. The SMILES string of the molecule is CCCc1cc(N(C)CC(=O)O)c2ccccc2n1. The lowest BCUT2D eigenvalue weighted by Crippen LogP contribution is -2.25. The molecule has 0 aliphatic carbocycles. The molecule has 0 saturated heterocycles. The van der Waals surface area contributed by atoms with Gasteiger partial charge < -0.3 is 10.0 Å². The summed E-state index contributed by atoms with van der Waals surface area (Å²) >= 11 is 0. The third kappa shape index (κ3) is 3.02. The van der Waals surface area contributed by atoms with Crippen molar-refractivity contribution in [3.63, 3.8) is 0 Å². The highest BCUT2D eigenvalue weighted by Gasteiger charge is 2.11. The summed E-state index contributed by atoms with van der Waals surface area (Å²) in [5.74, 6) is -0.833. The topological polar surface area (TPSA) is 53.4 Å². The molecule has 1 N–H and O–H groups in total. The summed E-state index contributed by atoms with van der Waals surface area (Å²) in [6.07, 6.45) is 1.92. The zero-order valence-electron chi connectivity index (χ0n) is 11.3. The number of aromatic nitrogens is 1. The van der Waals surface area contributed by atoms with E-state index in [1.165, 1.54) is 0 Å². The van der Waals surface area contributed by atoms with Crippen LogP contribution in [-0.4, -0.2) is 29.7 Å². The van der Waals surface area contributed by atoms with E-state index in [1.54, 1.807) is 11.9 Å². The molecule has 0 radical (unpaired) electrons. The molecular weight excluding hydrogens is 240 g/mol. The van der Waals surface area contributed by atoms with Gasteiger partial charge in [-0.3, -0.25) is 9.78 Å². The summed E-state index contributed by atoms with van der Waals surface area (Å²) in [4.78, 5) is 17.2. The summed E-state index contributed by atoms with van der Waals surface area (Å²) in [6, 6.07) is 9.83. The van der Waals surface area contributed by atoms with Gasteiger partial charge in [0.25, 0.3) is 0 Å². The molecule has 2 rings (SSSR count). The molecule has 0 saturated carbocycles. The van der Waals surface area contributed by atoms with E-state index < -0.39 is 5.97 Å². The monoisotopic (exact) mass is 258 g/mol. The molecule has 0 atom stereocenters. The van der Waals surface area contributed by atoms with Gasteiger partial charge in [-0.2, -0.15) is 0 Å². The maximum Gasteiger partial charge on any atom is 0.323 e. The summed E-state index contributed by atoms with van der Waals surface area (Å²) in [5, 5.41) is 9.92. The molecule has 4 nitrogen and oxygen atoms in total. The Labute approximate surface area is 112 Å². The zero-order chi connectivity index (χ0) is 13.8. The lowest BCUT2D eigenvalue weighted by molar-refractivity contribution is -0.135. The van der Waals surface area contributed by atoms with Gasteiger partial charge in [0.2, 0.25) is 0 Å². The average molecular weight is 258 g/mol. The first-order chi connectivity index (χ1) is 9.11. The molecule has 0 aliphatic heterocycles. The number of para-hydroxylation sites is 1. The molecule has 2 aromatic rings. The number of fused-ring (bicyclic) bond motifs is 1. The Morgan fingerprint density at radius 2 is 2.11 bits per heavy atom. The first-order valence-electron chi connectivity index (χ1n) is 6.43. The van der Waals surface area contributed by atoms with Crippen LogP contribution in [0.1, 0.15) is 19.0 Å². The first kappa shape index (κ1) is 13.3. The second-order valence-corrected chi connectivity index (χ2v) is 4.65. The highest BCUT2D eigenvalue weighted by atomic mass is 16.4. The van der Waals surface area contributed by atoms with Gasteiger partial charge in [0.15, 0.2) is 0 Å². The van der Waals surface area contributed by atoms with Crippen LogP contribution < -0.4 is 4.90 Å². The average Bonchev–Trinajstić information content (AvgIpc) is 2.37. The van der Waals surface area contributed by atoms with Crippen LogP contribution in [0.5, 0.6) is 0 Å². The van der Waals surface area contributed by atoms with E-state index in [1.807, 2.05) is 30.3 Å². The van der Waals surface area contributed by atoms with E-state index in [0.717, 1.165) is 35.1 Å². The number of pyridine rings is 1. The molecule has 1 heterocycles. The van der Waals surface area contributed by atoms with Crippen LogP contribution in [0.4, 0.5) is 5.69 Å². The molecule has 0 fully saturated rings. The molecule has 0 amide bonds. The van der Waals surface area contributed by atoms with Crippen LogP contribution >= 0.6 is 0 Å². The summed E-state index contributed by atoms with van der Waals surface area (Å²) in [5.41, 5.74) is 2.85. The Balaban J connectivity index is 2.52. The van der Waals surface area contributed by atoms with Crippen LogP contribution in [0.3, 0.4) is 0 Å². The number of aliphatic carboxylic acids is 1. The normalized spacial score (nSPS) is 10.6. The van der Waals surface area contributed by atoms with Crippen molar-refractivity contribution in [2.75, 3.05) is 18.5 Å². The third-order valence-electron chi connectivity index (χ3n) is 3.04. The molecule has 0 spiro atoms. The van der Waals surface area contributed by atoms with E-state index in [9.17, 15) is 4.79 Å². The standard InChI is InChI=1S/C15H18N2O2/c1-3-6-11-9-14(17(2)10-15(18)19)12-7-4-5-8-13(12)16-11/h4-5,7-9H,3,6,10H2,1-2H3,(H,18,19). The van der Waals surface area contributed by atoms with Gasteiger partial charge >= 0.3 is 5.97 Å². The summed E-state index contributed by atoms with van der Waals surface area (Å²) in [6.45, 7) is 2.09. The van der Waals surface area contributed by atoms with Crippen LogP contribution in [0.25, 0.3) is 10.9 Å². The van der Waals surface area contributed by atoms with Crippen molar-refractivity contribution >= 4 is 22.6 Å². The van der Waals surface area contributed by atoms with Crippen molar-refractivity contribution in [2.45, 2.75) is 19.8 Å². The molecule has 0 bridgehead atoms. The number of hydrogen-bond donors (Lipinski definition) is 1. The molecule has 4 heteroatoms. The number of likely N-dealkylation sites (N-methyl/N-ethyl adjacent to an activating group) is 1. The predicted octanol–water partition coefficient (Wildman–Crippen LogP) is 2.71. The highest BCUT2D eigenvalue weighted by Crippen LogP contribution is 2.26. The second kappa shape index (κ2) is 5.69. The van der Waals surface area contributed by atoms with E-state index in [2.05, 4.69) is 11.9 Å². The van der Waals surface area contributed by atoms with Crippen molar-refractivity contribution in [1.29, 1.82) is 0 Å².